The molecule has 158 valence electrons. The summed E-state index contributed by atoms with van der Waals surface area (Å²) >= 11 is 7.17. The number of halogens is 4. The highest BCUT2D eigenvalue weighted by Gasteiger charge is 2.31. The molecule has 2 heterocycles. The monoisotopic (exact) mass is 463 g/mol. The molecule has 0 bridgehead atoms. The van der Waals surface area contributed by atoms with Gasteiger partial charge in [0.05, 0.1) is 28.5 Å². The van der Waals surface area contributed by atoms with Gasteiger partial charge in [-0.15, -0.1) is 0 Å². The first kappa shape index (κ1) is 21.1. The van der Waals surface area contributed by atoms with E-state index in [1.54, 1.807) is 30.6 Å². The lowest BCUT2D eigenvalue weighted by molar-refractivity contribution is -0.137. The van der Waals surface area contributed by atoms with Gasteiger partial charge in [0.25, 0.3) is 5.91 Å². The lowest BCUT2D eigenvalue weighted by Gasteiger charge is -2.14. The third-order valence-electron chi connectivity index (χ3n) is 4.41. The summed E-state index contributed by atoms with van der Waals surface area (Å²) in [4.78, 5) is 21.2. The molecule has 2 aromatic heterocycles. The second kappa shape index (κ2) is 8.16. The van der Waals surface area contributed by atoms with Crippen LogP contribution in [0.15, 0.2) is 54.9 Å². The molecule has 5 nitrogen and oxygen atoms in total. The third-order valence-corrected chi connectivity index (χ3v) is 5.56. The van der Waals surface area contributed by atoms with Crippen LogP contribution < -0.4 is 10.1 Å². The predicted octanol–water partition coefficient (Wildman–Crippen LogP) is 6.29. The van der Waals surface area contributed by atoms with Gasteiger partial charge in [0.1, 0.15) is 5.75 Å². The highest BCUT2D eigenvalue weighted by atomic mass is 35.5. The lowest BCUT2D eigenvalue weighted by Crippen LogP contribution is -2.13. The van der Waals surface area contributed by atoms with Crippen molar-refractivity contribution in [3.05, 3.63) is 71.0 Å². The lowest BCUT2D eigenvalue weighted by atomic mass is 10.0. The van der Waals surface area contributed by atoms with Crippen LogP contribution in [0.25, 0.3) is 21.3 Å². The SMILES string of the molecule is COc1c(C(=O)Nc2nc3ccc(C(F)(F)F)cc3s2)cc(Cl)cc1-c1cccnc1. The molecule has 0 saturated heterocycles. The van der Waals surface area contributed by atoms with Crippen LogP contribution in [0, 0.1) is 0 Å². The summed E-state index contributed by atoms with van der Waals surface area (Å²) in [7, 11) is 1.43. The Kier molecular flexibility index (Phi) is 5.55. The number of amides is 1. The van der Waals surface area contributed by atoms with Crippen molar-refractivity contribution in [1.29, 1.82) is 0 Å². The third kappa shape index (κ3) is 4.33. The Labute approximate surface area is 183 Å². The van der Waals surface area contributed by atoms with Crippen LogP contribution in [0.1, 0.15) is 15.9 Å². The topological polar surface area (TPSA) is 64.1 Å². The van der Waals surface area contributed by atoms with Crippen molar-refractivity contribution >= 4 is 44.2 Å². The van der Waals surface area contributed by atoms with Crippen LogP contribution in [0.5, 0.6) is 5.75 Å². The number of anilines is 1. The number of rotatable bonds is 4. The Morgan fingerprint density at radius 1 is 1.19 bits per heavy atom. The smallest absolute Gasteiger partial charge is 0.416 e. The Bertz CT molecular complexity index is 1280. The molecule has 0 unspecified atom stereocenters. The van der Waals surface area contributed by atoms with Gasteiger partial charge in [-0.1, -0.05) is 29.0 Å². The Morgan fingerprint density at radius 2 is 2.00 bits per heavy atom. The number of ether oxygens (including phenoxy) is 1. The van der Waals surface area contributed by atoms with Gasteiger partial charge in [-0.25, -0.2) is 4.98 Å². The fraction of sp³-hybridized carbons (Fsp3) is 0.0952. The summed E-state index contributed by atoms with van der Waals surface area (Å²) < 4.78 is 44.6. The van der Waals surface area contributed by atoms with Crippen LogP contribution in [-0.4, -0.2) is 23.0 Å². The molecule has 0 aliphatic rings. The van der Waals surface area contributed by atoms with Crippen molar-refractivity contribution in [3.63, 3.8) is 0 Å². The van der Waals surface area contributed by atoms with Crippen molar-refractivity contribution in [1.82, 2.24) is 9.97 Å². The fourth-order valence-corrected chi connectivity index (χ4v) is 4.16. The Balaban J connectivity index is 1.69. The zero-order chi connectivity index (χ0) is 22.2. The number of alkyl halides is 3. The first-order valence-electron chi connectivity index (χ1n) is 8.83. The average molecular weight is 464 g/mol. The number of nitrogens with one attached hydrogen (secondary N) is 1. The van der Waals surface area contributed by atoms with E-state index in [4.69, 9.17) is 16.3 Å². The van der Waals surface area contributed by atoms with Crippen molar-refractivity contribution in [3.8, 4) is 16.9 Å². The molecule has 4 aromatic rings. The van der Waals surface area contributed by atoms with Gasteiger partial charge in [-0.3, -0.25) is 15.1 Å². The molecule has 1 amide bonds. The second-order valence-corrected chi connectivity index (χ2v) is 7.90. The number of pyridine rings is 1. The van der Waals surface area contributed by atoms with E-state index in [1.165, 1.54) is 19.2 Å². The summed E-state index contributed by atoms with van der Waals surface area (Å²) in [5.41, 5.74) is 1.01. The quantitative estimate of drug-likeness (QED) is 0.386. The number of carbonyl (C=O) groups is 1. The molecule has 0 saturated carbocycles. The molecule has 0 fully saturated rings. The maximum Gasteiger partial charge on any atom is 0.416 e. The van der Waals surface area contributed by atoms with Gasteiger partial charge in [-0.2, -0.15) is 13.2 Å². The zero-order valence-corrected chi connectivity index (χ0v) is 17.4. The molecule has 0 aliphatic carbocycles. The second-order valence-electron chi connectivity index (χ2n) is 6.43. The molecular weight excluding hydrogens is 451 g/mol. The molecule has 2 aromatic carbocycles. The maximum atomic E-state index is 13.0. The zero-order valence-electron chi connectivity index (χ0n) is 15.8. The van der Waals surface area contributed by atoms with Gasteiger partial charge in [0.15, 0.2) is 5.13 Å². The first-order chi connectivity index (χ1) is 14.8. The minimum absolute atomic E-state index is 0.157. The molecule has 0 spiro atoms. The van der Waals surface area contributed by atoms with Gasteiger partial charge >= 0.3 is 6.18 Å². The maximum absolute atomic E-state index is 13.0. The Morgan fingerprint density at radius 3 is 2.68 bits per heavy atom. The number of carbonyl (C=O) groups excluding carboxylic acids is 1. The molecule has 0 aliphatic heterocycles. The van der Waals surface area contributed by atoms with E-state index >= 15 is 0 Å². The van der Waals surface area contributed by atoms with E-state index in [-0.39, 0.29) is 16.4 Å². The minimum Gasteiger partial charge on any atom is -0.495 e. The van der Waals surface area contributed by atoms with Crippen molar-refractivity contribution < 1.29 is 22.7 Å². The van der Waals surface area contributed by atoms with Gasteiger partial charge in [0, 0.05) is 28.5 Å². The van der Waals surface area contributed by atoms with Crippen LogP contribution in [0.4, 0.5) is 18.3 Å². The molecule has 10 heteroatoms. The summed E-state index contributed by atoms with van der Waals surface area (Å²) in [6.45, 7) is 0. The van der Waals surface area contributed by atoms with E-state index in [0.29, 0.717) is 26.4 Å². The number of hydrogen-bond acceptors (Lipinski definition) is 5. The number of benzene rings is 2. The highest BCUT2D eigenvalue weighted by Crippen LogP contribution is 2.37. The average Bonchev–Trinajstić information content (AvgIpc) is 3.14. The summed E-state index contributed by atoms with van der Waals surface area (Å²) in [6, 6.07) is 9.87. The van der Waals surface area contributed by atoms with Crippen LogP contribution in [-0.2, 0) is 6.18 Å². The normalized spacial score (nSPS) is 11.5. The molecular formula is C21H13ClF3N3O2S. The number of aromatic nitrogens is 2. The van der Waals surface area contributed by atoms with Crippen LogP contribution in [0.3, 0.4) is 0 Å². The number of methoxy groups -OCH3 is 1. The molecule has 0 radical (unpaired) electrons. The highest BCUT2D eigenvalue weighted by molar-refractivity contribution is 7.22. The van der Waals surface area contributed by atoms with E-state index in [9.17, 15) is 18.0 Å². The van der Waals surface area contributed by atoms with E-state index in [1.807, 2.05) is 0 Å². The van der Waals surface area contributed by atoms with Crippen molar-refractivity contribution in [2.24, 2.45) is 0 Å². The summed E-state index contributed by atoms with van der Waals surface area (Å²) in [5.74, 6) is -0.269. The van der Waals surface area contributed by atoms with Crippen LogP contribution in [0.2, 0.25) is 5.02 Å². The van der Waals surface area contributed by atoms with Crippen molar-refractivity contribution in [2.75, 3.05) is 12.4 Å². The van der Waals surface area contributed by atoms with E-state index in [2.05, 4.69) is 15.3 Å². The number of nitrogens with zero attached hydrogens (tertiary/aromatic N) is 2. The number of fused-ring (bicyclic) bond motifs is 1. The predicted molar refractivity (Wildman–Crippen MR) is 114 cm³/mol. The van der Waals surface area contributed by atoms with Crippen molar-refractivity contribution in [2.45, 2.75) is 6.18 Å². The summed E-state index contributed by atoms with van der Waals surface area (Å²) in [5, 5.41) is 3.09. The molecule has 31 heavy (non-hydrogen) atoms. The fourth-order valence-electron chi connectivity index (χ4n) is 3.04. The first-order valence-corrected chi connectivity index (χ1v) is 10.0. The largest absolute Gasteiger partial charge is 0.495 e. The number of hydrogen-bond donors (Lipinski definition) is 1. The Hall–Kier alpha value is -3.17. The summed E-state index contributed by atoms with van der Waals surface area (Å²) in [6.07, 6.45) is -1.23. The molecule has 4 rings (SSSR count). The van der Waals surface area contributed by atoms with Gasteiger partial charge in [-0.05, 0) is 36.4 Å². The number of thiazole rings is 1. The van der Waals surface area contributed by atoms with Gasteiger partial charge in [0.2, 0.25) is 0 Å². The van der Waals surface area contributed by atoms with Gasteiger partial charge < -0.3 is 4.74 Å². The minimum atomic E-state index is -4.46. The molecule has 0 atom stereocenters. The van der Waals surface area contributed by atoms with Crippen LogP contribution >= 0.6 is 22.9 Å². The molecule has 1 N–H and O–H groups in total. The van der Waals surface area contributed by atoms with E-state index < -0.39 is 17.6 Å². The van der Waals surface area contributed by atoms with E-state index in [0.717, 1.165) is 23.5 Å². The standard InChI is InChI=1S/C21H13ClF3N3O2S/c1-30-18-14(11-3-2-6-26-10-11)8-13(22)9-15(18)19(29)28-20-27-16-5-4-12(21(23,24)25)7-17(16)31-20/h2-10H,1H3,(H,27,28,29).